The molecule has 0 radical (unpaired) electrons. The molecule has 0 aliphatic carbocycles. The summed E-state index contributed by atoms with van der Waals surface area (Å²) >= 11 is 1.78. The van der Waals surface area contributed by atoms with Gasteiger partial charge in [-0.05, 0) is 32.9 Å². The highest BCUT2D eigenvalue weighted by molar-refractivity contribution is 7.19. The number of nitrogens with two attached hydrogens (primary N) is 1. The topological polar surface area (TPSA) is 106 Å². The van der Waals surface area contributed by atoms with Crippen molar-refractivity contribution in [1.29, 1.82) is 0 Å². The Bertz CT molecular complexity index is 1500. The minimum Gasteiger partial charge on any atom is -0.378 e. The average molecular weight is 549 g/mol. The Kier molecular flexibility index (Phi) is 7.00. The van der Waals surface area contributed by atoms with Gasteiger partial charge in [0.15, 0.2) is 11.6 Å². The van der Waals surface area contributed by atoms with E-state index < -0.39 is 5.54 Å². The van der Waals surface area contributed by atoms with Crippen LogP contribution in [0.4, 0.5) is 5.82 Å². The number of carbonyl (C=O) groups excluding carboxylic acids is 1. The maximum atomic E-state index is 11.9. The maximum Gasteiger partial charge on any atom is 0.237 e. The molecule has 3 aromatic heterocycles. The van der Waals surface area contributed by atoms with E-state index in [9.17, 15) is 4.79 Å². The third-order valence-electron chi connectivity index (χ3n) is 8.02. The largest absolute Gasteiger partial charge is 0.378 e. The average Bonchev–Trinajstić information content (AvgIpc) is 3.53. The fourth-order valence-corrected chi connectivity index (χ4v) is 6.68. The zero-order valence-electron chi connectivity index (χ0n) is 22.9. The van der Waals surface area contributed by atoms with Crippen molar-refractivity contribution in [2.24, 2.45) is 5.73 Å². The molecule has 39 heavy (non-hydrogen) atoms. The van der Waals surface area contributed by atoms with Gasteiger partial charge in [0.2, 0.25) is 5.91 Å². The van der Waals surface area contributed by atoms with Crippen LogP contribution in [0.15, 0.2) is 30.3 Å². The molecule has 0 saturated carbocycles. The Balaban J connectivity index is 1.34. The van der Waals surface area contributed by atoms with E-state index in [1.165, 1.54) is 4.88 Å². The number of amides is 1. The third kappa shape index (κ3) is 4.88. The first-order chi connectivity index (χ1) is 18.8. The summed E-state index contributed by atoms with van der Waals surface area (Å²) in [6, 6.07) is 10.4. The van der Waals surface area contributed by atoms with Crippen molar-refractivity contribution in [3.8, 4) is 11.5 Å². The maximum absolute atomic E-state index is 11.9. The van der Waals surface area contributed by atoms with Crippen LogP contribution >= 0.6 is 11.3 Å². The van der Waals surface area contributed by atoms with Gasteiger partial charge in [0, 0.05) is 62.6 Å². The van der Waals surface area contributed by atoms with Gasteiger partial charge in [-0.25, -0.2) is 9.97 Å². The minimum absolute atomic E-state index is 0.275. The number of benzene rings is 1. The van der Waals surface area contributed by atoms with Crippen molar-refractivity contribution in [2.45, 2.75) is 39.4 Å². The standard InChI is InChI=1S/C28H36N8O2S/c1-4-36-23(20-7-5-6-8-21(20)32-36)25-30-22-17-19(39-24(22)26(31-25)34-13-15-38-16-14-34)18-33-9-11-35(12-10-33)28(2,3)27(29)37/h5-8,17H,4,9-16,18H2,1-3H3,(H2,29,37). The van der Waals surface area contributed by atoms with Crippen molar-refractivity contribution in [3.05, 3.63) is 35.2 Å². The monoisotopic (exact) mass is 548 g/mol. The second-order valence-corrected chi connectivity index (χ2v) is 11.9. The Morgan fingerprint density at radius 3 is 2.51 bits per heavy atom. The summed E-state index contributed by atoms with van der Waals surface area (Å²) in [5.41, 5.74) is 7.92. The summed E-state index contributed by atoms with van der Waals surface area (Å²) in [6.45, 7) is 13.9. The highest BCUT2D eigenvalue weighted by Gasteiger charge is 2.34. The lowest BCUT2D eigenvalue weighted by molar-refractivity contribution is -0.129. The summed E-state index contributed by atoms with van der Waals surface area (Å²) in [4.78, 5) is 30.4. The lowest BCUT2D eigenvalue weighted by Gasteiger charge is -2.42. The summed E-state index contributed by atoms with van der Waals surface area (Å²) < 4.78 is 8.78. The van der Waals surface area contributed by atoms with Crippen LogP contribution in [0.25, 0.3) is 32.6 Å². The van der Waals surface area contributed by atoms with Gasteiger partial charge >= 0.3 is 0 Å². The van der Waals surface area contributed by atoms with Gasteiger partial charge in [-0.3, -0.25) is 19.3 Å². The smallest absolute Gasteiger partial charge is 0.237 e. The molecule has 1 amide bonds. The molecule has 4 aromatic rings. The van der Waals surface area contributed by atoms with Gasteiger partial charge in [0.05, 0.1) is 34.5 Å². The Labute approximate surface area is 232 Å². The molecule has 0 unspecified atom stereocenters. The third-order valence-corrected chi connectivity index (χ3v) is 9.12. The number of thiophene rings is 1. The van der Waals surface area contributed by atoms with Crippen LogP contribution in [0, 0.1) is 0 Å². The number of nitrogens with zero attached hydrogens (tertiary/aromatic N) is 7. The number of primary amides is 1. The summed E-state index contributed by atoms with van der Waals surface area (Å²) in [5.74, 6) is 1.42. The summed E-state index contributed by atoms with van der Waals surface area (Å²) in [7, 11) is 0. The van der Waals surface area contributed by atoms with Crippen LogP contribution in [0.5, 0.6) is 0 Å². The second kappa shape index (κ2) is 10.5. The molecule has 1 aromatic carbocycles. The van der Waals surface area contributed by atoms with Gasteiger partial charge in [0.25, 0.3) is 0 Å². The number of anilines is 1. The lowest BCUT2D eigenvalue weighted by atomic mass is 10.0. The fourth-order valence-electron chi connectivity index (χ4n) is 5.52. The molecule has 2 N–H and O–H groups in total. The van der Waals surface area contributed by atoms with E-state index in [0.717, 1.165) is 85.0 Å². The first-order valence-electron chi connectivity index (χ1n) is 13.7. The molecule has 11 heteroatoms. The number of fused-ring (bicyclic) bond motifs is 2. The minimum atomic E-state index is -0.627. The van der Waals surface area contributed by atoms with Gasteiger partial charge < -0.3 is 15.4 Å². The summed E-state index contributed by atoms with van der Waals surface area (Å²) in [6.07, 6.45) is 0. The quantitative estimate of drug-likeness (QED) is 0.376. The predicted molar refractivity (Wildman–Crippen MR) is 155 cm³/mol. The number of morpholine rings is 1. The predicted octanol–water partition coefficient (Wildman–Crippen LogP) is 2.95. The second-order valence-electron chi connectivity index (χ2n) is 10.8. The van der Waals surface area contributed by atoms with Crippen LogP contribution < -0.4 is 10.6 Å². The van der Waals surface area contributed by atoms with Crippen LogP contribution in [0.3, 0.4) is 0 Å². The number of hydrogen-bond donors (Lipinski definition) is 1. The van der Waals surface area contributed by atoms with Gasteiger partial charge in [-0.1, -0.05) is 18.2 Å². The van der Waals surface area contributed by atoms with Crippen molar-refractivity contribution in [1.82, 2.24) is 29.5 Å². The van der Waals surface area contributed by atoms with E-state index in [1.54, 1.807) is 11.3 Å². The lowest BCUT2D eigenvalue weighted by Crippen LogP contribution is -2.59. The molecular weight excluding hydrogens is 512 g/mol. The molecule has 10 nitrogen and oxygen atoms in total. The van der Waals surface area contributed by atoms with E-state index >= 15 is 0 Å². The molecule has 0 atom stereocenters. The molecule has 2 aliphatic heterocycles. The van der Waals surface area contributed by atoms with E-state index in [1.807, 2.05) is 36.7 Å². The number of carbonyl (C=O) groups is 1. The van der Waals surface area contributed by atoms with Crippen LogP contribution in [-0.4, -0.2) is 93.5 Å². The van der Waals surface area contributed by atoms with Crippen LogP contribution in [0.2, 0.25) is 0 Å². The zero-order chi connectivity index (χ0) is 27.1. The van der Waals surface area contributed by atoms with E-state index in [0.29, 0.717) is 19.0 Å². The van der Waals surface area contributed by atoms with E-state index in [4.69, 9.17) is 25.5 Å². The normalized spacial score (nSPS) is 17.9. The van der Waals surface area contributed by atoms with Gasteiger partial charge in [-0.15, -0.1) is 11.3 Å². The highest BCUT2D eigenvalue weighted by Crippen LogP contribution is 2.36. The highest BCUT2D eigenvalue weighted by atomic mass is 32.1. The zero-order valence-corrected chi connectivity index (χ0v) is 23.7. The van der Waals surface area contributed by atoms with E-state index in [2.05, 4.69) is 33.8 Å². The fraction of sp³-hybridized carbons (Fsp3) is 0.500. The molecule has 2 saturated heterocycles. The number of aromatic nitrogens is 4. The number of rotatable bonds is 7. The number of aryl methyl sites for hydroxylation is 1. The SMILES string of the molecule is CCn1nc2ccccc2c1-c1nc(N2CCOCC2)c2sc(CN3CCN(C(C)(C)C(N)=O)CC3)cc2n1. The molecule has 6 rings (SSSR count). The molecule has 2 fully saturated rings. The Morgan fingerprint density at radius 2 is 1.79 bits per heavy atom. The number of ether oxygens (including phenoxy) is 1. The first-order valence-corrected chi connectivity index (χ1v) is 14.5. The van der Waals surface area contributed by atoms with Gasteiger partial charge in [0.1, 0.15) is 5.69 Å². The van der Waals surface area contributed by atoms with Crippen molar-refractivity contribution in [3.63, 3.8) is 0 Å². The molecule has 0 spiro atoms. The molecule has 2 aliphatic rings. The number of piperazine rings is 1. The van der Waals surface area contributed by atoms with Crippen molar-refractivity contribution >= 4 is 44.2 Å². The van der Waals surface area contributed by atoms with Crippen LogP contribution in [0.1, 0.15) is 25.6 Å². The Morgan fingerprint density at radius 1 is 1.05 bits per heavy atom. The van der Waals surface area contributed by atoms with Crippen molar-refractivity contribution in [2.75, 3.05) is 57.4 Å². The molecular formula is C28H36N8O2S. The molecule has 206 valence electrons. The van der Waals surface area contributed by atoms with E-state index in [-0.39, 0.29) is 5.91 Å². The molecule has 5 heterocycles. The summed E-state index contributed by atoms with van der Waals surface area (Å²) in [5, 5.41) is 5.88. The van der Waals surface area contributed by atoms with Gasteiger partial charge in [-0.2, -0.15) is 5.10 Å². The van der Waals surface area contributed by atoms with Crippen LogP contribution in [-0.2, 0) is 22.6 Å². The van der Waals surface area contributed by atoms with Crippen molar-refractivity contribution < 1.29 is 9.53 Å². The Hall–Kier alpha value is -3.12. The number of hydrogen-bond acceptors (Lipinski definition) is 9. The molecule has 0 bridgehead atoms. The first kappa shape index (κ1) is 26.1.